The molecule has 1 N–H and O–H groups in total. The standard InChI is InChI=1S/C17H18N2O2/c1-3-17(20)19-13(2)14-7-6-9-16(11-14)21-12-15-8-4-5-10-18-15/h3-11,13H,1,12H2,2H3,(H,19,20). The van der Waals surface area contributed by atoms with Crippen LogP contribution in [0.5, 0.6) is 5.75 Å². The third-order valence-electron chi connectivity index (χ3n) is 3.02. The van der Waals surface area contributed by atoms with Gasteiger partial charge in [-0.3, -0.25) is 9.78 Å². The molecular weight excluding hydrogens is 264 g/mol. The zero-order valence-corrected chi connectivity index (χ0v) is 12.0. The van der Waals surface area contributed by atoms with Crippen molar-refractivity contribution in [3.05, 3.63) is 72.6 Å². The Kier molecular flexibility index (Phi) is 5.10. The van der Waals surface area contributed by atoms with Gasteiger partial charge in [-0.05, 0) is 42.8 Å². The van der Waals surface area contributed by atoms with Crippen molar-refractivity contribution in [1.29, 1.82) is 0 Å². The van der Waals surface area contributed by atoms with E-state index in [-0.39, 0.29) is 11.9 Å². The van der Waals surface area contributed by atoms with Crippen LogP contribution in [-0.2, 0) is 11.4 Å². The van der Waals surface area contributed by atoms with Crippen molar-refractivity contribution in [3.63, 3.8) is 0 Å². The Labute approximate surface area is 124 Å². The van der Waals surface area contributed by atoms with E-state index in [1.54, 1.807) is 6.20 Å². The van der Waals surface area contributed by atoms with Gasteiger partial charge in [0.15, 0.2) is 0 Å². The third kappa shape index (κ3) is 4.45. The molecule has 2 aromatic rings. The fourth-order valence-corrected chi connectivity index (χ4v) is 1.87. The maximum atomic E-state index is 11.3. The molecule has 0 radical (unpaired) electrons. The molecule has 0 fully saturated rings. The third-order valence-corrected chi connectivity index (χ3v) is 3.02. The predicted octanol–water partition coefficient (Wildman–Crippen LogP) is 3.02. The lowest BCUT2D eigenvalue weighted by Gasteiger charge is -2.14. The number of hydrogen-bond acceptors (Lipinski definition) is 3. The highest BCUT2D eigenvalue weighted by Gasteiger charge is 2.08. The number of carbonyl (C=O) groups excluding carboxylic acids is 1. The second-order valence-electron chi connectivity index (χ2n) is 4.62. The topological polar surface area (TPSA) is 51.2 Å². The maximum Gasteiger partial charge on any atom is 0.243 e. The van der Waals surface area contributed by atoms with Gasteiger partial charge in [0.05, 0.1) is 11.7 Å². The first kappa shape index (κ1) is 14.8. The van der Waals surface area contributed by atoms with Crippen LogP contribution in [0.2, 0.25) is 0 Å². The highest BCUT2D eigenvalue weighted by molar-refractivity contribution is 5.87. The predicted molar refractivity (Wildman–Crippen MR) is 81.8 cm³/mol. The number of amides is 1. The number of carbonyl (C=O) groups is 1. The largest absolute Gasteiger partial charge is 0.487 e. The lowest BCUT2D eigenvalue weighted by Crippen LogP contribution is -2.24. The molecule has 0 bridgehead atoms. The van der Waals surface area contributed by atoms with Crippen molar-refractivity contribution in [2.75, 3.05) is 0 Å². The fourth-order valence-electron chi connectivity index (χ4n) is 1.87. The average molecular weight is 282 g/mol. The molecule has 0 saturated carbocycles. The van der Waals surface area contributed by atoms with Gasteiger partial charge in [0.1, 0.15) is 12.4 Å². The molecule has 108 valence electrons. The van der Waals surface area contributed by atoms with Gasteiger partial charge in [-0.15, -0.1) is 0 Å². The summed E-state index contributed by atoms with van der Waals surface area (Å²) in [6.45, 7) is 5.77. The summed E-state index contributed by atoms with van der Waals surface area (Å²) in [5.74, 6) is 0.556. The number of nitrogens with one attached hydrogen (secondary N) is 1. The van der Waals surface area contributed by atoms with E-state index in [0.29, 0.717) is 6.61 Å². The van der Waals surface area contributed by atoms with Crippen LogP contribution in [0, 0.1) is 0 Å². The zero-order chi connectivity index (χ0) is 15.1. The van der Waals surface area contributed by atoms with E-state index in [2.05, 4.69) is 16.9 Å². The molecule has 1 aromatic carbocycles. The normalized spacial score (nSPS) is 11.5. The minimum absolute atomic E-state index is 0.103. The van der Waals surface area contributed by atoms with Gasteiger partial charge in [0, 0.05) is 6.20 Å². The average Bonchev–Trinajstić information content (AvgIpc) is 2.54. The molecule has 1 unspecified atom stereocenters. The number of ether oxygens (including phenoxy) is 1. The van der Waals surface area contributed by atoms with Crippen LogP contribution >= 0.6 is 0 Å². The van der Waals surface area contributed by atoms with Crippen molar-refractivity contribution in [2.45, 2.75) is 19.6 Å². The van der Waals surface area contributed by atoms with Crippen LogP contribution in [0.4, 0.5) is 0 Å². The molecule has 0 spiro atoms. The Balaban J connectivity index is 2.00. The summed E-state index contributed by atoms with van der Waals surface area (Å²) in [7, 11) is 0. The van der Waals surface area contributed by atoms with Gasteiger partial charge in [-0.25, -0.2) is 0 Å². The number of hydrogen-bond donors (Lipinski definition) is 1. The molecule has 0 saturated heterocycles. The molecule has 1 aromatic heterocycles. The van der Waals surface area contributed by atoms with Crippen LogP contribution in [0.3, 0.4) is 0 Å². The van der Waals surface area contributed by atoms with Gasteiger partial charge in [0.25, 0.3) is 0 Å². The summed E-state index contributed by atoms with van der Waals surface area (Å²) in [5.41, 5.74) is 1.85. The second kappa shape index (κ2) is 7.24. The first-order valence-electron chi connectivity index (χ1n) is 6.74. The Morgan fingerprint density at radius 1 is 1.38 bits per heavy atom. The Bertz CT molecular complexity index is 611. The van der Waals surface area contributed by atoms with E-state index in [1.807, 2.05) is 49.4 Å². The molecule has 21 heavy (non-hydrogen) atoms. The highest BCUT2D eigenvalue weighted by atomic mass is 16.5. The van der Waals surface area contributed by atoms with Crippen LogP contribution in [0.15, 0.2) is 61.3 Å². The lowest BCUT2D eigenvalue weighted by atomic mass is 10.1. The minimum atomic E-state index is -0.192. The van der Waals surface area contributed by atoms with E-state index in [4.69, 9.17) is 4.74 Å². The highest BCUT2D eigenvalue weighted by Crippen LogP contribution is 2.19. The summed E-state index contributed by atoms with van der Waals surface area (Å²) in [6, 6.07) is 13.3. The number of nitrogens with zero attached hydrogens (tertiary/aromatic N) is 1. The number of aromatic nitrogens is 1. The number of pyridine rings is 1. The van der Waals surface area contributed by atoms with E-state index in [9.17, 15) is 4.79 Å². The SMILES string of the molecule is C=CC(=O)NC(C)c1cccc(OCc2ccccn2)c1. The van der Waals surface area contributed by atoms with E-state index >= 15 is 0 Å². The second-order valence-corrected chi connectivity index (χ2v) is 4.62. The Morgan fingerprint density at radius 3 is 2.95 bits per heavy atom. The lowest BCUT2D eigenvalue weighted by molar-refractivity contribution is -0.117. The Hall–Kier alpha value is -2.62. The Morgan fingerprint density at radius 2 is 2.24 bits per heavy atom. The summed E-state index contributed by atoms with van der Waals surface area (Å²) < 4.78 is 5.72. The van der Waals surface area contributed by atoms with Gasteiger partial charge < -0.3 is 10.1 Å². The molecular formula is C17H18N2O2. The molecule has 0 aliphatic rings. The molecule has 2 rings (SSSR count). The van der Waals surface area contributed by atoms with Crippen LogP contribution < -0.4 is 10.1 Å². The summed E-state index contributed by atoms with van der Waals surface area (Å²) in [4.78, 5) is 15.5. The van der Waals surface area contributed by atoms with Crippen molar-refractivity contribution < 1.29 is 9.53 Å². The van der Waals surface area contributed by atoms with Gasteiger partial charge in [-0.1, -0.05) is 24.8 Å². The van der Waals surface area contributed by atoms with E-state index < -0.39 is 0 Å². The van der Waals surface area contributed by atoms with Crippen molar-refractivity contribution in [3.8, 4) is 5.75 Å². The van der Waals surface area contributed by atoms with Gasteiger partial charge in [0.2, 0.25) is 5.91 Å². The van der Waals surface area contributed by atoms with Crippen LogP contribution in [0.25, 0.3) is 0 Å². The molecule has 1 amide bonds. The van der Waals surface area contributed by atoms with E-state index in [0.717, 1.165) is 17.0 Å². The summed E-state index contributed by atoms with van der Waals surface area (Å²) in [6.07, 6.45) is 3.00. The molecule has 0 aliphatic heterocycles. The zero-order valence-electron chi connectivity index (χ0n) is 12.0. The van der Waals surface area contributed by atoms with E-state index in [1.165, 1.54) is 6.08 Å². The summed E-state index contributed by atoms with van der Waals surface area (Å²) in [5, 5.41) is 2.82. The molecule has 1 atom stereocenters. The monoisotopic (exact) mass is 282 g/mol. The molecule has 0 aliphatic carbocycles. The molecule has 1 heterocycles. The number of rotatable bonds is 6. The summed E-state index contributed by atoms with van der Waals surface area (Å²) >= 11 is 0. The maximum absolute atomic E-state index is 11.3. The quantitative estimate of drug-likeness (QED) is 0.829. The van der Waals surface area contributed by atoms with Crippen molar-refractivity contribution in [1.82, 2.24) is 10.3 Å². The van der Waals surface area contributed by atoms with Crippen LogP contribution in [0.1, 0.15) is 24.2 Å². The first-order chi connectivity index (χ1) is 10.2. The van der Waals surface area contributed by atoms with Crippen LogP contribution in [-0.4, -0.2) is 10.9 Å². The van der Waals surface area contributed by atoms with Crippen molar-refractivity contribution in [2.24, 2.45) is 0 Å². The first-order valence-corrected chi connectivity index (χ1v) is 6.74. The number of benzene rings is 1. The molecule has 4 nitrogen and oxygen atoms in total. The van der Waals surface area contributed by atoms with Gasteiger partial charge in [-0.2, -0.15) is 0 Å². The van der Waals surface area contributed by atoms with Crippen molar-refractivity contribution >= 4 is 5.91 Å². The minimum Gasteiger partial charge on any atom is -0.487 e. The fraction of sp³-hybridized carbons (Fsp3) is 0.176. The van der Waals surface area contributed by atoms with Gasteiger partial charge >= 0.3 is 0 Å². The molecule has 4 heteroatoms. The smallest absolute Gasteiger partial charge is 0.243 e.